The maximum absolute atomic E-state index is 13.7. The molecule has 32 heavy (non-hydrogen) atoms. The number of hydrogen-bond donors (Lipinski definition) is 3. The smallest absolute Gasteiger partial charge is 0.250 e. The number of carbonyl (C=O) groups excluding carboxylic acids is 2. The molecule has 2 heterocycles. The van der Waals surface area contributed by atoms with Gasteiger partial charge in [0, 0.05) is 17.7 Å². The van der Waals surface area contributed by atoms with Gasteiger partial charge in [-0.1, -0.05) is 37.6 Å². The molecule has 1 saturated heterocycles. The first-order valence-electron chi connectivity index (χ1n) is 10.7. The molecule has 0 aliphatic carbocycles. The lowest BCUT2D eigenvalue weighted by atomic mass is 9.79. The first-order chi connectivity index (χ1) is 15.3. The maximum Gasteiger partial charge on any atom is 0.250 e. The van der Waals surface area contributed by atoms with Crippen molar-refractivity contribution < 1.29 is 19.1 Å². The molecular formula is C24H28ClN3O4. The highest BCUT2D eigenvalue weighted by atomic mass is 35.5. The van der Waals surface area contributed by atoms with Crippen LogP contribution in [0.2, 0.25) is 5.02 Å². The van der Waals surface area contributed by atoms with Crippen LogP contribution in [-0.2, 0) is 15.1 Å². The van der Waals surface area contributed by atoms with Crippen LogP contribution in [0.15, 0.2) is 36.4 Å². The van der Waals surface area contributed by atoms with Crippen molar-refractivity contribution in [3.63, 3.8) is 0 Å². The topological polar surface area (TPSA) is 88.7 Å². The van der Waals surface area contributed by atoms with Crippen molar-refractivity contribution in [1.82, 2.24) is 5.32 Å². The third kappa shape index (κ3) is 3.69. The molecule has 4 rings (SSSR count). The van der Waals surface area contributed by atoms with E-state index in [1.165, 1.54) is 7.11 Å². The Morgan fingerprint density at radius 1 is 1.25 bits per heavy atom. The van der Waals surface area contributed by atoms with E-state index in [2.05, 4.69) is 29.8 Å². The Labute approximate surface area is 192 Å². The fraction of sp³-hybridized carbons (Fsp3) is 0.417. The number of fused-ring (bicyclic) bond motifs is 2. The number of hydrogen-bond acceptors (Lipinski definition) is 5. The van der Waals surface area contributed by atoms with E-state index in [1.54, 1.807) is 37.4 Å². The molecule has 1 spiro atoms. The zero-order valence-electron chi connectivity index (χ0n) is 18.6. The van der Waals surface area contributed by atoms with Crippen LogP contribution < -0.4 is 25.4 Å². The molecule has 1 fully saturated rings. The number of ether oxygens (including phenoxy) is 2. The summed E-state index contributed by atoms with van der Waals surface area (Å²) in [7, 11) is 3.10. The normalized spacial score (nSPS) is 23.9. The van der Waals surface area contributed by atoms with Crippen LogP contribution in [0.4, 0.5) is 11.4 Å². The Bertz CT molecular complexity index is 1060. The molecule has 8 heteroatoms. The standard InChI is InChI=1S/C24H28ClN3O4/c1-13(2)10-14-11-17(22(29)26-19-12-15(31-3)8-9-20(19)32-4)24(28-14)16-6-5-7-18(25)21(16)27-23(24)30/h5-9,12-14,17,28H,10-11H2,1-4H3,(H,26,29)(H,27,30). The van der Waals surface area contributed by atoms with Gasteiger partial charge in [-0.15, -0.1) is 0 Å². The Morgan fingerprint density at radius 3 is 2.72 bits per heavy atom. The molecule has 2 aromatic carbocycles. The third-order valence-corrected chi connectivity index (χ3v) is 6.56. The summed E-state index contributed by atoms with van der Waals surface area (Å²) in [5, 5.41) is 9.84. The summed E-state index contributed by atoms with van der Waals surface area (Å²) in [4.78, 5) is 27.0. The molecule has 7 nitrogen and oxygen atoms in total. The minimum absolute atomic E-state index is 0.00800. The summed E-state index contributed by atoms with van der Waals surface area (Å²) in [6, 6.07) is 10.6. The van der Waals surface area contributed by atoms with Gasteiger partial charge >= 0.3 is 0 Å². The highest BCUT2D eigenvalue weighted by Gasteiger charge is 2.60. The number of para-hydroxylation sites is 1. The van der Waals surface area contributed by atoms with Crippen LogP contribution in [0.5, 0.6) is 11.5 Å². The lowest BCUT2D eigenvalue weighted by Gasteiger charge is -2.29. The number of anilines is 2. The molecule has 3 unspecified atom stereocenters. The summed E-state index contributed by atoms with van der Waals surface area (Å²) in [6.07, 6.45) is 1.37. The van der Waals surface area contributed by atoms with Gasteiger partial charge < -0.3 is 20.1 Å². The fourth-order valence-electron chi connectivity index (χ4n) is 4.91. The first kappa shape index (κ1) is 22.4. The summed E-state index contributed by atoms with van der Waals surface area (Å²) in [6.45, 7) is 4.25. The van der Waals surface area contributed by atoms with Crippen molar-refractivity contribution in [1.29, 1.82) is 0 Å². The van der Waals surface area contributed by atoms with Crippen molar-refractivity contribution in [3.05, 3.63) is 47.0 Å². The van der Waals surface area contributed by atoms with Crippen molar-refractivity contribution >= 4 is 34.8 Å². The van der Waals surface area contributed by atoms with E-state index in [-0.39, 0.29) is 17.9 Å². The Morgan fingerprint density at radius 2 is 2.03 bits per heavy atom. The molecule has 170 valence electrons. The van der Waals surface area contributed by atoms with E-state index in [0.717, 1.165) is 6.42 Å². The summed E-state index contributed by atoms with van der Waals surface area (Å²) in [5.74, 6) is 0.351. The average Bonchev–Trinajstić information content (AvgIpc) is 3.27. The highest BCUT2D eigenvalue weighted by molar-refractivity contribution is 6.35. The molecular weight excluding hydrogens is 430 g/mol. The molecule has 0 aromatic heterocycles. The largest absolute Gasteiger partial charge is 0.497 e. The van der Waals surface area contributed by atoms with Gasteiger partial charge in [-0.2, -0.15) is 0 Å². The predicted octanol–water partition coefficient (Wildman–Crippen LogP) is 4.17. The van der Waals surface area contributed by atoms with E-state index < -0.39 is 11.5 Å². The van der Waals surface area contributed by atoms with Crippen LogP contribution in [0.25, 0.3) is 0 Å². The van der Waals surface area contributed by atoms with Gasteiger partial charge in [0.15, 0.2) is 0 Å². The van der Waals surface area contributed by atoms with E-state index in [9.17, 15) is 9.59 Å². The second-order valence-corrected chi connectivity index (χ2v) is 9.15. The van der Waals surface area contributed by atoms with Gasteiger partial charge in [0.05, 0.1) is 36.5 Å². The van der Waals surface area contributed by atoms with Crippen LogP contribution >= 0.6 is 11.6 Å². The van der Waals surface area contributed by atoms with Crippen molar-refractivity contribution in [3.8, 4) is 11.5 Å². The van der Waals surface area contributed by atoms with Gasteiger partial charge in [-0.05, 0) is 37.0 Å². The Balaban J connectivity index is 1.74. The number of methoxy groups -OCH3 is 2. The number of benzene rings is 2. The summed E-state index contributed by atoms with van der Waals surface area (Å²) in [5.41, 5.74) is 0.576. The maximum atomic E-state index is 13.7. The van der Waals surface area contributed by atoms with Crippen molar-refractivity contribution in [2.45, 2.75) is 38.3 Å². The monoisotopic (exact) mass is 457 g/mol. The number of amides is 2. The lowest BCUT2D eigenvalue weighted by Crippen LogP contribution is -2.52. The molecule has 2 aliphatic rings. The molecule has 3 atom stereocenters. The number of halogens is 1. The molecule has 0 saturated carbocycles. The number of nitrogens with one attached hydrogen (secondary N) is 3. The minimum atomic E-state index is -1.18. The first-order valence-corrected chi connectivity index (χ1v) is 11.1. The highest BCUT2D eigenvalue weighted by Crippen LogP contribution is 2.50. The molecule has 2 amide bonds. The molecule has 3 N–H and O–H groups in total. The molecule has 0 bridgehead atoms. The van der Waals surface area contributed by atoms with Gasteiger partial charge in [-0.25, -0.2) is 0 Å². The number of rotatable bonds is 6. The van der Waals surface area contributed by atoms with Gasteiger partial charge in [0.25, 0.3) is 0 Å². The van der Waals surface area contributed by atoms with Crippen LogP contribution in [0, 0.1) is 11.8 Å². The fourth-order valence-corrected chi connectivity index (χ4v) is 5.13. The Kier molecular flexibility index (Phi) is 6.05. The second-order valence-electron chi connectivity index (χ2n) is 8.74. The van der Waals surface area contributed by atoms with E-state index >= 15 is 0 Å². The lowest BCUT2D eigenvalue weighted by molar-refractivity contribution is -0.130. The average molecular weight is 458 g/mol. The van der Waals surface area contributed by atoms with Gasteiger partial charge in [0.1, 0.15) is 17.0 Å². The van der Waals surface area contributed by atoms with Gasteiger partial charge in [0.2, 0.25) is 11.8 Å². The predicted molar refractivity (Wildman–Crippen MR) is 124 cm³/mol. The van der Waals surface area contributed by atoms with Crippen molar-refractivity contribution in [2.24, 2.45) is 11.8 Å². The Hall–Kier alpha value is -2.77. The number of carbonyl (C=O) groups is 2. The van der Waals surface area contributed by atoms with E-state index in [0.29, 0.717) is 45.8 Å². The third-order valence-electron chi connectivity index (χ3n) is 6.25. The summed E-state index contributed by atoms with van der Waals surface area (Å²) >= 11 is 6.37. The van der Waals surface area contributed by atoms with E-state index in [4.69, 9.17) is 21.1 Å². The molecule has 2 aliphatic heterocycles. The van der Waals surface area contributed by atoms with E-state index in [1.807, 2.05) is 6.07 Å². The van der Waals surface area contributed by atoms with Crippen LogP contribution in [-0.4, -0.2) is 32.1 Å². The quantitative estimate of drug-likeness (QED) is 0.606. The molecule has 0 radical (unpaired) electrons. The van der Waals surface area contributed by atoms with Crippen molar-refractivity contribution in [2.75, 3.05) is 24.9 Å². The molecule has 2 aromatic rings. The zero-order chi connectivity index (χ0) is 23.0. The zero-order valence-corrected chi connectivity index (χ0v) is 19.4. The van der Waals surface area contributed by atoms with Crippen LogP contribution in [0.1, 0.15) is 32.3 Å². The summed E-state index contributed by atoms with van der Waals surface area (Å²) < 4.78 is 10.7. The minimum Gasteiger partial charge on any atom is -0.497 e. The van der Waals surface area contributed by atoms with Gasteiger partial charge in [-0.3, -0.25) is 14.9 Å². The second kappa shape index (κ2) is 8.64. The van der Waals surface area contributed by atoms with Crippen LogP contribution in [0.3, 0.4) is 0 Å². The SMILES string of the molecule is COc1ccc(OC)c(NC(=O)C2CC(CC(C)C)NC23C(=O)Nc2c(Cl)cccc23)c1.